The Balaban J connectivity index is 1.95. The number of fused-ring (bicyclic) bond motifs is 1. The summed E-state index contributed by atoms with van der Waals surface area (Å²) in [5.41, 5.74) is 3.06. The molecular formula is C22H28N4O4S. The smallest absolute Gasteiger partial charge is 0.324 e. The van der Waals surface area contributed by atoms with Crippen LogP contribution in [-0.4, -0.2) is 40.9 Å². The minimum Gasteiger partial charge on any atom is -0.324 e. The van der Waals surface area contributed by atoms with Gasteiger partial charge in [0.25, 0.3) is 0 Å². The minimum atomic E-state index is -3.67. The van der Waals surface area contributed by atoms with E-state index in [2.05, 4.69) is 5.32 Å². The van der Waals surface area contributed by atoms with E-state index in [1.165, 1.54) is 19.5 Å². The Bertz CT molecular complexity index is 1300. The summed E-state index contributed by atoms with van der Waals surface area (Å²) in [5.74, 6) is -0.404. The number of imidazole rings is 1. The molecule has 166 valence electrons. The second-order valence-electron chi connectivity index (χ2n) is 7.47. The van der Waals surface area contributed by atoms with Crippen molar-refractivity contribution in [1.29, 1.82) is 0 Å². The lowest BCUT2D eigenvalue weighted by molar-refractivity contribution is -0.116. The molecule has 9 heteroatoms. The zero-order valence-corrected chi connectivity index (χ0v) is 19.3. The first kappa shape index (κ1) is 22.8. The summed E-state index contributed by atoms with van der Waals surface area (Å²) < 4.78 is 30.2. The second-order valence-corrected chi connectivity index (χ2v) is 9.40. The molecule has 0 fully saturated rings. The molecule has 2 aromatic carbocycles. The maximum atomic E-state index is 12.9. The van der Waals surface area contributed by atoms with Crippen LogP contribution in [0.2, 0.25) is 0 Å². The number of hydrogen-bond donors (Lipinski definition) is 1. The topological polar surface area (TPSA) is 93.4 Å². The van der Waals surface area contributed by atoms with E-state index < -0.39 is 15.9 Å². The van der Waals surface area contributed by atoms with Crippen molar-refractivity contribution in [3.8, 4) is 0 Å². The molecule has 1 heterocycles. The van der Waals surface area contributed by atoms with Crippen LogP contribution in [0.15, 0.2) is 46.1 Å². The zero-order valence-electron chi connectivity index (χ0n) is 18.5. The summed E-state index contributed by atoms with van der Waals surface area (Å²) in [4.78, 5) is 25.5. The number of carbonyl (C=O) groups excluding carboxylic acids is 1. The molecule has 3 aromatic rings. The van der Waals surface area contributed by atoms with Crippen LogP contribution in [0, 0.1) is 13.8 Å². The highest BCUT2D eigenvalue weighted by Crippen LogP contribution is 2.26. The number of sulfonamides is 1. The maximum absolute atomic E-state index is 12.9. The van der Waals surface area contributed by atoms with Crippen molar-refractivity contribution in [3.63, 3.8) is 0 Å². The van der Waals surface area contributed by atoms with E-state index in [1.807, 2.05) is 25.1 Å². The summed E-state index contributed by atoms with van der Waals surface area (Å²) >= 11 is 0. The Kier molecular flexibility index (Phi) is 6.38. The zero-order chi connectivity index (χ0) is 22.9. The van der Waals surface area contributed by atoms with Crippen LogP contribution in [-0.2, 0) is 28.4 Å². The van der Waals surface area contributed by atoms with Gasteiger partial charge in [0.15, 0.2) is 0 Å². The van der Waals surface area contributed by atoms with Crippen LogP contribution in [0.3, 0.4) is 0 Å². The number of nitrogens with zero attached hydrogens (tertiary/aromatic N) is 3. The van der Waals surface area contributed by atoms with Crippen LogP contribution < -0.4 is 11.0 Å². The third kappa shape index (κ3) is 4.15. The number of amides is 1. The number of aryl methyl sites for hydroxylation is 2. The van der Waals surface area contributed by atoms with Crippen molar-refractivity contribution in [2.45, 2.75) is 39.1 Å². The summed E-state index contributed by atoms with van der Waals surface area (Å²) in [5, 5.41) is 2.80. The summed E-state index contributed by atoms with van der Waals surface area (Å²) in [6.45, 7) is 7.74. The highest BCUT2D eigenvalue weighted by Gasteiger charge is 2.24. The first-order valence-electron chi connectivity index (χ1n) is 10.2. The van der Waals surface area contributed by atoms with E-state index in [-0.39, 0.29) is 17.1 Å². The fourth-order valence-corrected chi connectivity index (χ4v) is 5.24. The average Bonchev–Trinajstić information content (AvgIpc) is 2.97. The Morgan fingerprint density at radius 2 is 1.68 bits per heavy atom. The maximum Gasteiger partial charge on any atom is 0.329 e. The highest BCUT2D eigenvalue weighted by molar-refractivity contribution is 7.89. The Morgan fingerprint density at radius 3 is 2.29 bits per heavy atom. The molecule has 0 atom stereocenters. The predicted molar refractivity (Wildman–Crippen MR) is 122 cm³/mol. The number of para-hydroxylation sites is 2. The second kappa shape index (κ2) is 8.68. The molecule has 0 aliphatic carbocycles. The van der Waals surface area contributed by atoms with Gasteiger partial charge in [-0.3, -0.25) is 13.9 Å². The predicted octanol–water partition coefficient (Wildman–Crippen LogP) is 2.63. The van der Waals surface area contributed by atoms with Crippen molar-refractivity contribution < 1.29 is 13.2 Å². The van der Waals surface area contributed by atoms with E-state index in [0.29, 0.717) is 24.3 Å². The van der Waals surface area contributed by atoms with Crippen molar-refractivity contribution in [2.75, 3.05) is 18.4 Å². The van der Waals surface area contributed by atoms with E-state index >= 15 is 0 Å². The van der Waals surface area contributed by atoms with Crippen LogP contribution >= 0.6 is 0 Å². The number of rotatable bonds is 7. The molecule has 31 heavy (non-hydrogen) atoms. The molecule has 8 nitrogen and oxygen atoms in total. The molecule has 0 spiro atoms. The lowest BCUT2D eigenvalue weighted by Crippen LogP contribution is -2.31. The van der Waals surface area contributed by atoms with Crippen molar-refractivity contribution in [1.82, 2.24) is 13.4 Å². The van der Waals surface area contributed by atoms with Crippen LogP contribution in [0.4, 0.5) is 5.69 Å². The quantitative estimate of drug-likeness (QED) is 0.606. The molecule has 1 aromatic heterocycles. The molecule has 0 bridgehead atoms. The number of anilines is 1. The minimum absolute atomic E-state index is 0.136. The van der Waals surface area contributed by atoms with Gasteiger partial charge >= 0.3 is 5.69 Å². The molecule has 0 saturated carbocycles. The molecule has 0 saturated heterocycles. The van der Waals surface area contributed by atoms with Gasteiger partial charge in [0.1, 0.15) is 6.54 Å². The van der Waals surface area contributed by atoms with Crippen molar-refractivity contribution >= 4 is 32.7 Å². The van der Waals surface area contributed by atoms with Crippen molar-refractivity contribution in [2.24, 2.45) is 7.05 Å². The van der Waals surface area contributed by atoms with Crippen molar-refractivity contribution in [3.05, 3.63) is 58.0 Å². The number of hydrogen-bond acceptors (Lipinski definition) is 4. The third-order valence-corrected chi connectivity index (χ3v) is 7.64. The first-order valence-corrected chi connectivity index (χ1v) is 11.6. The van der Waals surface area contributed by atoms with Gasteiger partial charge in [0.05, 0.1) is 15.9 Å². The van der Waals surface area contributed by atoms with E-state index in [1.54, 1.807) is 40.0 Å². The molecule has 0 radical (unpaired) electrons. The molecule has 1 N–H and O–H groups in total. The number of aromatic nitrogens is 2. The molecular weight excluding hydrogens is 416 g/mol. The van der Waals surface area contributed by atoms with Gasteiger partial charge in [-0.05, 0) is 49.2 Å². The van der Waals surface area contributed by atoms with E-state index in [4.69, 9.17) is 0 Å². The fourth-order valence-electron chi connectivity index (χ4n) is 3.67. The van der Waals surface area contributed by atoms with Gasteiger partial charge < -0.3 is 5.32 Å². The van der Waals surface area contributed by atoms with Crippen LogP contribution in [0.5, 0.6) is 0 Å². The molecule has 0 aliphatic rings. The molecule has 0 aliphatic heterocycles. The Labute approximate surface area is 182 Å². The normalized spacial score (nSPS) is 11.9. The molecule has 3 rings (SSSR count). The van der Waals surface area contributed by atoms with Gasteiger partial charge in [-0.25, -0.2) is 13.2 Å². The van der Waals surface area contributed by atoms with E-state index in [9.17, 15) is 18.0 Å². The van der Waals surface area contributed by atoms with Gasteiger partial charge in [-0.1, -0.05) is 26.0 Å². The Morgan fingerprint density at radius 1 is 1.06 bits per heavy atom. The highest BCUT2D eigenvalue weighted by atomic mass is 32.2. The number of carbonyl (C=O) groups is 1. The summed E-state index contributed by atoms with van der Waals surface area (Å²) in [6.07, 6.45) is 0. The van der Waals surface area contributed by atoms with Gasteiger partial charge in [-0.15, -0.1) is 0 Å². The molecule has 0 unspecified atom stereocenters. The van der Waals surface area contributed by atoms with Crippen LogP contribution in [0.1, 0.15) is 25.0 Å². The average molecular weight is 445 g/mol. The van der Waals surface area contributed by atoms with Gasteiger partial charge in [0.2, 0.25) is 15.9 Å². The largest absolute Gasteiger partial charge is 0.329 e. The lowest BCUT2D eigenvalue weighted by atomic mass is 10.1. The van der Waals surface area contributed by atoms with E-state index in [0.717, 1.165) is 16.6 Å². The number of nitrogens with one attached hydrogen (secondary N) is 1. The molecule has 1 amide bonds. The third-order valence-electron chi connectivity index (χ3n) is 5.61. The monoisotopic (exact) mass is 444 g/mol. The lowest BCUT2D eigenvalue weighted by Gasteiger charge is -2.20. The SMILES string of the molecule is CCN(CC)S(=O)(=O)c1cc(C)c(C)c(NC(=O)Cn2c(=O)n(C)c3ccccc32)c1. The Hall–Kier alpha value is -2.91. The van der Waals surface area contributed by atoms with Crippen LogP contribution in [0.25, 0.3) is 11.0 Å². The number of benzene rings is 2. The van der Waals surface area contributed by atoms with Gasteiger partial charge in [0, 0.05) is 25.8 Å². The standard InChI is InChI=1S/C22H28N4O4S/c1-6-25(7-2)31(29,30)17-12-15(3)16(4)18(13-17)23-21(27)14-26-20-11-9-8-10-19(20)24(5)22(26)28/h8-13H,6-7,14H2,1-5H3,(H,23,27). The summed E-state index contributed by atoms with van der Waals surface area (Å²) in [6, 6.07) is 10.4. The fraction of sp³-hybridized carbons (Fsp3) is 0.364. The first-order chi connectivity index (χ1) is 14.6. The summed E-state index contributed by atoms with van der Waals surface area (Å²) in [7, 11) is -2.01. The van der Waals surface area contributed by atoms with Gasteiger partial charge in [-0.2, -0.15) is 4.31 Å².